The van der Waals surface area contributed by atoms with Crippen molar-refractivity contribution >= 4 is 15.7 Å². The average molecular weight is 459 g/mol. The maximum absolute atomic E-state index is 12.9. The van der Waals surface area contributed by atoms with Crippen LogP contribution in [0.2, 0.25) is 0 Å². The van der Waals surface area contributed by atoms with Gasteiger partial charge in [-0.2, -0.15) is 0 Å². The lowest BCUT2D eigenvalue weighted by Gasteiger charge is -2.45. The van der Waals surface area contributed by atoms with Gasteiger partial charge in [-0.05, 0) is 79.2 Å². The molecule has 0 aromatic heterocycles. The lowest BCUT2D eigenvalue weighted by atomic mass is 9.68. The van der Waals surface area contributed by atoms with E-state index in [2.05, 4.69) is 36.5 Å². The number of rotatable bonds is 10. The number of hydrogen-bond donors (Lipinski definition) is 1. The number of ether oxygens (including phenoxy) is 1. The number of nitrogens with zero attached hydrogens (tertiary/aromatic N) is 1. The monoisotopic (exact) mass is 458 g/mol. The van der Waals surface area contributed by atoms with Crippen LogP contribution in [0.5, 0.6) is 5.75 Å². The normalized spacial score (nSPS) is 21.9. The molecule has 1 heterocycles. The molecular formula is C26H38N2O3S. The number of nitrogens with one attached hydrogen (secondary N) is 1. The minimum atomic E-state index is -3.66. The Kier molecular flexibility index (Phi) is 8.23. The van der Waals surface area contributed by atoms with Gasteiger partial charge in [-0.3, -0.25) is 4.72 Å². The number of benzene rings is 2. The van der Waals surface area contributed by atoms with E-state index in [0.717, 1.165) is 19.5 Å². The van der Waals surface area contributed by atoms with Crippen LogP contribution in [0.15, 0.2) is 53.4 Å². The predicted octanol–water partition coefficient (Wildman–Crippen LogP) is 5.68. The molecule has 0 amide bonds. The third-order valence-corrected chi connectivity index (χ3v) is 8.44. The van der Waals surface area contributed by atoms with E-state index in [4.69, 9.17) is 4.74 Å². The van der Waals surface area contributed by atoms with Gasteiger partial charge in [0, 0.05) is 12.2 Å². The van der Waals surface area contributed by atoms with Crippen LogP contribution >= 0.6 is 0 Å². The van der Waals surface area contributed by atoms with Crippen molar-refractivity contribution in [2.45, 2.75) is 63.2 Å². The smallest absolute Gasteiger partial charge is 0.261 e. The Hall–Kier alpha value is -2.05. The molecule has 0 radical (unpaired) electrons. The summed E-state index contributed by atoms with van der Waals surface area (Å²) < 4.78 is 33.6. The lowest BCUT2D eigenvalue weighted by molar-refractivity contribution is 0.109. The molecule has 6 heteroatoms. The van der Waals surface area contributed by atoms with Crippen LogP contribution in [-0.2, 0) is 15.4 Å². The summed E-state index contributed by atoms with van der Waals surface area (Å²) in [5, 5.41) is 0. The fourth-order valence-electron chi connectivity index (χ4n) is 4.62. The Labute approximate surface area is 194 Å². The van der Waals surface area contributed by atoms with Gasteiger partial charge < -0.3 is 9.64 Å². The molecule has 1 saturated heterocycles. The van der Waals surface area contributed by atoms with Crippen LogP contribution in [-0.4, -0.2) is 40.1 Å². The highest BCUT2D eigenvalue weighted by atomic mass is 32.2. The summed E-state index contributed by atoms with van der Waals surface area (Å²) in [5.41, 5.74) is 1.83. The highest BCUT2D eigenvalue weighted by Gasteiger charge is 2.38. The van der Waals surface area contributed by atoms with Crippen molar-refractivity contribution in [3.8, 4) is 5.75 Å². The Morgan fingerprint density at radius 1 is 1.12 bits per heavy atom. The molecule has 1 aliphatic rings. The van der Waals surface area contributed by atoms with Crippen molar-refractivity contribution < 1.29 is 13.2 Å². The maximum atomic E-state index is 12.9. The zero-order chi connectivity index (χ0) is 23.2. The summed E-state index contributed by atoms with van der Waals surface area (Å²) in [6, 6.07) is 14.4. The van der Waals surface area contributed by atoms with Gasteiger partial charge in [0.2, 0.25) is 0 Å². The third kappa shape index (κ3) is 5.84. The maximum Gasteiger partial charge on any atom is 0.261 e. The number of anilines is 1. The number of piperidine rings is 1. The minimum Gasteiger partial charge on any atom is -0.497 e. The molecule has 2 atom stereocenters. The first-order valence-corrected chi connectivity index (χ1v) is 13.3. The highest BCUT2D eigenvalue weighted by Crippen LogP contribution is 2.40. The van der Waals surface area contributed by atoms with Gasteiger partial charge in [0.15, 0.2) is 0 Å². The van der Waals surface area contributed by atoms with E-state index in [1.807, 2.05) is 18.2 Å². The lowest BCUT2D eigenvalue weighted by Crippen LogP contribution is -2.47. The van der Waals surface area contributed by atoms with Crippen molar-refractivity contribution in [2.24, 2.45) is 5.92 Å². The van der Waals surface area contributed by atoms with E-state index in [1.54, 1.807) is 31.4 Å². The summed E-state index contributed by atoms with van der Waals surface area (Å²) in [6.45, 7) is 10.3. The summed E-state index contributed by atoms with van der Waals surface area (Å²) in [7, 11) is -2.10. The molecule has 1 aliphatic heterocycles. The van der Waals surface area contributed by atoms with E-state index < -0.39 is 10.0 Å². The molecule has 0 saturated carbocycles. The molecule has 0 spiro atoms. The Morgan fingerprint density at radius 3 is 2.53 bits per heavy atom. The van der Waals surface area contributed by atoms with Crippen molar-refractivity contribution in [3.63, 3.8) is 0 Å². The van der Waals surface area contributed by atoms with E-state index in [-0.39, 0.29) is 10.3 Å². The quantitative estimate of drug-likeness (QED) is 0.466. The number of hydrogen-bond acceptors (Lipinski definition) is 4. The van der Waals surface area contributed by atoms with Crippen molar-refractivity contribution in [1.82, 2.24) is 4.90 Å². The molecule has 32 heavy (non-hydrogen) atoms. The molecular weight excluding hydrogens is 420 g/mol. The molecule has 5 nitrogen and oxygen atoms in total. The van der Waals surface area contributed by atoms with Crippen molar-refractivity contribution in [1.29, 1.82) is 0 Å². The summed E-state index contributed by atoms with van der Waals surface area (Å²) >= 11 is 0. The van der Waals surface area contributed by atoms with Crippen LogP contribution in [0.4, 0.5) is 5.69 Å². The molecule has 2 unspecified atom stereocenters. The zero-order valence-corrected chi connectivity index (χ0v) is 20.7. The fourth-order valence-corrected chi connectivity index (χ4v) is 5.67. The Balaban J connectivity index is 1.69. The molecule has 176 valence electrons. The SMILES string of the molecule is CCCCCCN1CCC(C)(c2cccc(NS(=O)(=O)c3ccc(OC)cc3)c2)C(C)C1. The standard InChI is InChI=1S/C26H38N2O3S/c1-5-6-7-8-17-28-18-16-26(3,21(2)20-28)22-10-9-11-23(19-22)27-32(29,30)25-14-12-24(31-4)13-15-25/h9-15,19,21,27H,5-8,16-18,20H2,1-4H3. The van der Waals surface area contributed by atoms with Crippen LogP contribution in [0.3, 0.4) is 0 Å². The second kappa shape index (κ2) is 10.7. The first-order chi connectivity index (χ1) is 15.3. The highest BCUT2D eigenvalue weighted by molar-refractivity contribution is 7.92. The predicted molar refractivity (Wildman–Crippen MR) is 132 cm³/mol. The molecule has 2 aromatic rings. The first-order valence-electron chi connectivity index (χ1n) is 11.8. The van der Waals surface area contributed by atoms with E-state index in [1.165, 1.54) is 37.8 Å². The molecule has 3 rings (SSSR count). The molecule has 1 N–H and O–H groups in total. The van der Waals surface area contributed by atoms with Gasteiger partial charge >= 0.3 is 0 Å². The number of likely N-dealkylation sites (tertiary alicyclic amines) is 1. The van der Waals surface area contributed by atoms with Gasteiger partial charge in [0.05, 0.1) is 12.0 Å². The second-order valence-corrected chi connectivity index (χ2v) is 11.0. The average Bonchev–Trinajstić information content (AvgIpc) is 2.79. The summed E-state index contributed by atoms with van der Waals surface area (Å²) in [4.78, 5) is 2.82. The minimum absolute atomic E-state index is 0.0292. The summed E-state index contributed by atoms with van der Waals surface area (Å²) in [5.74, 6) is 1.13. The van der Waals surface area contributed by atoms with Gasteiger partial charge in [-0.25, -0.2) is 8.42 Å². The number of unbranched alkanes of at least 4 members (excludes halogenated alkanes) is 3. The van der Waals surface area contributed by atoms with E-state index >= 15 is 0 Å². The van der Waals surface area contributed by atoms with Crippen LogP contribution < -0.4 is 9.46 Å². The number of methoxy groups -OCH3 is 1. The van der Waals surface area contributed by atoms with E-state index in [0.29, 0.717) is 17.4 Å². The fraction of sp³-hybridized carbons (Fsp3) is 0.538. The van der Waals surface area contributed by atoms with Gasteiger partial charge in [-0.15, -0.1) is 0 Å². The van der Waals surface area contributed by atoms with Crippen LogP contribution in [0.25, 0.3) is 0 Å². The second-order valence-electron chi connectivity index (χ2n) is 9.29. The van der Waals surface area contributed by atoms with Crippen LogP contribution in [0, 0.1) is 5.92 Å². The van der Waals surface area contributed by atoms with Gasteiger partial charge in [-0.1, -0.05) is 52.2 Å². The van der Waals surface area contributed by atoms with Crippen molar-refractivity contribution in [2.75, 3.05) is 31.5 Å². The first kappa shape index (κ1) is 24.6. The Bertz CT molecular complexity index is 975. The number of sulfonamides is 1. The van der Waals surface area contributed by atoms with Gasteiger partial charge in [0.25, 0.3) is 10.0 Å². The topological polar surface area (TPSA) is 58.6 Å². The van der Waals surface area contributed by atoms with E-state index in [9.17, 15) is 8.42 Å². The third-order valence-electron chi connectivity index (χ3n) is 7.04. The molecule has 2 aromatic carbocycles. The Morgan fingerprint density at radius 2 is 1.88 bits per heavy atom. The summed E-state index contributed by atoms with van der Waals surface area (Å²) in [6.07, 6.45) is 6.26. The van der Waals surface area contributed by atoms with Gasteiger partial charge in [0.1, 0.15) is 5.75 Å². The van der Waals surface area contributed by atoms with Crippen molar-refractivity contribution in [3.05, 3.63) is 54.1 Å². The largest absolute Gasteiger partial charge is 0.497 e. The molecule has 0 aliphatic carbocycles. The van der Waals surface area contributed by atoms with Crippen LogP contribution in [0.1, 0.15) is 58.4 Å². The zero-order valence-electron chi connectivity index (χ0n) is 19.9. The molecule has 0 bridgehead atoms. The molecule has 1 fully saturated rings.